The second-order valence-corrected chi connectivity index (χ2v) is 13.2. The van der Waals surface area contributed by atoms with E-state index in [0.717, 1.165) is 43.4 Å². The van der Waals surface area contributed by atoms with Crippen molar-refractivity contribution in [2.45, 2.75) is 129 Å². The van der Waals surface area contributed by atoms with Crippen LogP contribution in [0.3, 0.4) is 0 Å². The molecule has 0 aromatic heterocycles. The summed E-state index contributed by atoms with van der Waals surface area (Å²) < 4.78 is 13.7. The minimum absolute atomic E-state index is 0.153. The summed E-state index contributed by atoms with van der Waals surface area (Å²) in [5.74, 6) is -5.23. The molecule has 0 saturated carbocycles. The van der Waals surface area contributed by atoms with Crippen LogP contribution >= 0.6 is 0 Å². The molecular formula is C37H54O10. The summed E-state index contributed by atoms with van der Waals surface area (Å²) >= 11 is 0. The van der Waals surface area contributed by atoms with Gasteiger partial charge in [-0.05, 0) is 51.0 Å². The van der Waals surface area contributed by atoms with E-state index in [-0.39, 0.29) is 36.6 Å². The highest BCUT2D eigenvalue weighted by atomic mass is 16.7. The zero-order chi connectivity index (χ0) is 35.2. The van der Waals surface area contributed by atoms with Crippen molar-refractivity contribution in [2.24, 2.45) is 17.8 Å². The summed E-state index contributed by atoms with van der Waals surface area (Å²) in [5.41, 5.74) is 0.476. The fourth-order valence-electron chi connectivity index (χ4n) is 6.32. The Morgan fingerprint density at radius 3 is 2.23 bits per heavy atom. The van der Waals surface area contributed by atoms with E-state index in [1.54, 1.807) is 32.1 Å². The number of aliphatic hydroxyl groups excluding tert-OH is 1. The summed E-state index contributed by atoms with van der Waals surface area (Å²) in [6, 6.07) is 0. The van der Waals surface area contributed by atoms with Gasteiger partial charge < -0.3 is 29.9 Å². The number of ketones is 1. The summed E-state index contributed by atoms with van der Waals surface area (Å²) in [7, 11) is 0. The van der Waals surface area contributed by atoms with Crippen molar-refractivity contribution in [1.29, 1.82) is 0 Å². The van der Waals surface area contributed by atoms with E-state index in [2.05, 4.69) is 13.8 Å². The van der Waals surface area contributed by atoms with Crippen molar-refractivity contribution in [1.82, 2.24) is 0 Å². The summed E-state index contributed by atoms with van der Waals surface area (Å²) in [5, 5.41) is 37.7. The molecule has 2 aliphatic heterocycles. The Kier molecular flexibility index (Phi) is 16.0. The number of carboxylic acid groups (broad SMARTS) is 3. The Hall–Kier alpha value is -3.34. The van der Waals surface area contributed by atoms with Crippen molar-refractivity contribution in [3.63, 3.8) is 0 Å². The number of aliphatic carboxylic acids is 3. The third kappa shape index (κ3) is 13.0. The maximum Gasteiger partial charge on any atom is 0.328 e. The number of carbonyl (C=O) groups is 4. The van der Waals surface area contributed by atoms with Crippen LogP contribution in [0.2, 0.25) is 0 Å². The number of Topliss-reactive ketones (excluding diaryl/α,β-unsaturated/α-hetero) is 1. The van der Waals surface area contributed by atoms with Crippen molar-refractivity contribution in [3.05, 3.63) is 59.8 Å². The van der Waals surface area contributed by atoms with Gasteiger partial charge in [-0.3, -0.25) is 9.59 Å². The SMILES string of the molecule is CCCCC[C@]1([C@H](/C=C/C(C)=C/C(=O)O)C(=O)CCC(=O)O)CC[C@]2(CC[C@H](C)[C@@H](C/C=C(C)/C=C/[C@H](O)[C@@H](C)/C=C/C(=O)O)O2)O1. The largest absolute Gasteiger partial charge is 0.481 e. The van der Waals surface area contributed by atoms with Crippen molar-refractivity contribution in [2.75, 3.05) is 0 Å². The number of hydrogen-bond acceptors (Lipinski definition) is 7. The molecule has 1 spiro atoms. The minimum atomic E-state index is -1.09. The van der Waals surface area contributed by atoms with E-state index in [9.17, 15) is 34.5 Å². The second kappa shape index (κ2) is 18.9. The van der Waals surface area contributed by atoms with Gasteiger partial charge in [0.05, 0.1) is 30.1 Å². The molecule has 47 heavy (non-hydrogen) atoms. The molecule has 0 aromatic rings. The molecule has 0 radical (unpaired) electrons. The van der Waals surface area contributed by atoms with Gasteiger partial charge in [0.1, 0.15) is 5.78 Å². The van der Waals surface area contributed by atoms with Crippen LogP contribution in [-0.4, -0.2) is 67.7 Å². The van der Waals surface area contributed by atoms with Gasteiger partial charge in [-0.25, -0.2) is 9.59 Å². The predicted octanol–water partition coefficient (Wildman–Crippen LogP) is 6.79. The molecule has 10 heteroatoms. The second-order valence-electron chi connectivity index (χ2n) is 13.2. The molecule has 2 heterocycles. The molecule has 0 unspecified atom stereocenters. The first-order chi connectivity index (χ1) is 22.1. The van der Waals surface area contributed by atoms with Crippen LogP contribution in [0, 0.1) is 17.8 Å². The van der Waals surface area contributed by atoms with Crippen LogP contribution in [0.5, 0.6) is 0 Å². The average molecular weight is 659 g/mol. The smallest absolute Gasteiger partial charge is 0.328 e. The van der Waals surface area contributed by atoms with E-state index in [4.69, 9.17) is 14.6 Å². The number of aliphatic hydroxyl groups is 1. The normalized spacial score (nSPS) is 27.5. The van der Waals surface area contributed by atoms with Gasteiger partial charge in [0, 0.05) is 37.3 Å². The molecule has 2 rings (SSSR count). The first-order valence-electron chi connectivity index (χ1n) is 16.8. The quantitative estimate of drug-likeness (QED) is 0.0658. The molecule has 262 valence electrons. The highest BCUT2D eigenvalue weighted by Crippen LogP contribution is 2.52. The van der Waals surface area contributed by atoms with E-state index < -0.39 is 41.3 Å². The van der Waals surface area contributed by atoms with E-state index in [1.165, 1.54) is 6.08 Å². The Bertz CT molecular complexity index is 1240. The number of carboxylic acids is 3. The van der Waals surface area contributed by atoms with Crippen molar-refractivity contribution in [3.8, 4) is 0 Å². The Morgan fingerprint density at radius 1 is 0.894 bits per heavy atom. The van der Waals surface area contributed by atoms with Crippen LogP contribution in [0.15, 0.2) is 59.8 Å². The van der Waals surface area contributed by atoms with Crippen LogP contribution in [-0.2, 0) is 28.7 Å². The number of unbranched alkanes of at least 4 members (excludes halogenated alkanes) is 2. The lowest BCUT2D eigenvalue weighted by molar-refractivity contribution is -0.302. The third-order valence-corrected chi connectivity index (χ3v) is 9.21. The van der Waals surface area contributed by atoms with Crippen LogP contribution in [0.1, 0.15) is 105 Å². The van der Waals surface area contributed by atoms with Crippen LogP contribution in [0.25, 0.3) is 0 Å². The number of rotatable bonds is 19. The summed E-state index contributed by atoms with van der Waals surface area (Å²) in [6.07, 6.45) is 17.5. The molecule has 7 atom stereocenters. The van der Waals surface area contributed by atoms with Crippen molar-refractivity contribution < 1.29 is 49.1 Å². The summed E-state index contributed by atoms with van der Waals surface area (Å²) in [6.45, 7) is 9.54. The van der Waals surface area contributed by atoms with Crippen LogP contribution in [0.4, 0.5) is 0 Å². The fraction of sp³-hybridized carbons (Fsp3) is 0.622. The van der Waals surface area contributed by atoms with Gasteiger partial charge in [-0.2, -0.15) is 0 Å². The molecule has 0 bridgehead atoms. The lowest BCUT2D eigenvalue weighted by atomic mass is 9.76. The maximum atomic E-state index is 13.7. The number of carbonyl (C=O) groups excluding carboxylic acids is 1. The molecule has 0 aromatic carbocycles. The average Bonchev–Trinajstić information content (AvgIpc) is 3.36. The third-order valence-electron chi connectivity index (χ3n) is 9.21. The lowest BCUT2D eigenvalue weighted by Crippen LogP contribution is -2.49. The fourth-order valence-corrected chi connectivity index (χ4v) is 6.32. The zero-order valence-corrected chi connectivity index (χ0v) is 28.5. The van der Waals surface area contributed by atoms with Gasteiger partial charge in [0.25, 0.3) is 0 Å². The standard InChI is InChI=1S/C37H54O10/c1-6-7-8-20-36(29(31(39)15-18-34(42)43)13-9-26(3)24-35(44)45)22-23-37(47-36)21-19-28(5)32(46-37)16-11-25(2)10-14-30(38)27(4)12-17-33(40)41/h9-14,17,24,27-30,32,38H,6-8,15-16,18-23H2,1-5H3,(H,40,41)(H,42,43)(H,44,45)/b13-9+,14-10+,17-12+,25-11+,26-24+/t27-,28-,29+,30-,32+,36+,37-/m0/s1. The van der Waals surface area contributed by atoms with Gasteiger partial charge >= 0.3 is 17.9 Å². The molecule has 4 N–H and O–H groups in total. The zero-order valence-electron chi connectivity index (χ0n) is 28.5. The molecule has 2 saturated heterocycles. The Labute approximate surface area is 278 Å². The lowest BCUT2D eigenvalue weighted by Gasteiger charge is -2.44. The topological polar surface area (TPSA) is 168 Å². The first kappa shape index (κ1) is 39.8. The van der Waals surface area contributed by atoms with E-state index in [1.807, 2.05) is 19.1 Å². The highest BCUT2D eigenvalue weighted by molar-refractivity contribution is 5.87. The molecule has 10 nitrogen and oxygen atoms in total. The van der Waals surface area contributed by atoms with Crippen LogP contribution < -0.4 is 0 Å². The molecule has 2 aliphatic rings. The van der Waals surface area contributed by atoms with E-state index >= 15 is 0 Å². The Morgan fingerprint density at radius 2 is 1.60 bits per heavy atom. The molecule has 2 fully saturated rings. The number of allylic oxidation sites excluding steroid dienone is 4. The molecule has 0 amide bonds. The molecule has 0 aliphatic carbocycles. The predicted molar refractivity (Wildman–Crippen MR) is 179 cm³/mol. The van der Waals surface area contributed by atoms with E-state index in [0.29, 0.717) is 37.7 Å². The Balaban J connectivity index is 2.32. The maximum absolute atomic E-state index is 13.7. The summed E-state index contributed by atoms with van der Waals surface area (Å²) in [4.78, 5) is 47.0. The molecular weight excluding hydrogens is 604 g/mol. The van der Waals surface area contributed by atoms with Gasteiger partial charge in [0.15, 0.2) is 5.79 Å². The minimum Gasteiger partial charge on any atom is -0.481 e. The van der Waals surface area contributed by atoms with Gasteiger partial charge in [-0.15, -0.1) is 0 Å². The van der Waals surface area contributed by atoms with Crippen molar-refractivity contribution >= 4 is 23.7 Å². The van der Waals surface area contributed by atoms with Gasteiger partial charge in [-0.1, -0.05) is 82.1 Å². The number of hydrogen-bond donors (Lipinski definition) is 4. The van der Waals surface area contributed by atoms with Gasteiger partial charge in [0.2, 0.25) is 0 Å². The monoisotopic (exact) mass is 658 g/mol. The number of ether oxygens (including phenoxy) is 2. The highest BCUT2D eigenvalue weighted by Gasteiger charge is 2.56. The first-order valence-corrected chi connectivity index (χ1v) is 16.8.